The van der Waals surface area contributed by atoms with Crippen molar-refractivity contribution in [2.75, 3.05) is 0 Å². The van der Waals surface area contributed by atoms with Gasteiger partial charge in [0.2, 0.25) is 0 Å². The Morgan fingerprint density at radius 3 is 2.07 bits per heavy atom. The molecule has 0 saturated carbocycles. The quantitative estimate of drug-likeness (QED) is 0.169. The SMILES string of the molecule is C1=Cc2ccc(-c3cccc(-c4c5ccccc5c(-c5ccc6oc7c(c6c5)C=CC5Oc6ccccc6C75)c5ccc(-c6ccccc6)cc45)c3)cc2CC1. The van der Waals surface area contributed by atoms with Crippen LogP contribution in [0.25, 0.3) is 89.2 Å². The fourth-order valence-corrected chi connectivity index (χ4v) is 9.64. The topological polar surface area (TPSA) is 22.4 Å². The third kappa shape index (κ3) is 4.82. The molecular weight excluding hydrogens is 681 g/mol. The minimum absolute atomic E-state index is 0.0494. The van der Waals surface area contributed by atoms with E-state index >= 15 is 0 Å². The van der Waals surface area contributed by atoms with Gasteiger partial charge in [-0.2, -0.15) is 0 Å². The second kappa shape index (κ2) is 12.3. The van der Waals surface area contributed by atoms with E-state index in [0.29, 0.717) is 0 Å². The summed E-state index contributed by atoms with van der Waals surface area (Å²) in [4.78, 5) is 0. The summed E-state index contributed by atoms with van der Waals surface area (Å²) in [7, 11) is 0. The first-order valence-electron chi connectivity index (χ1n) is 19.7. The highest BCUT2D eigenvalue weighted by Crippen LogP contribution is 2.50. The average Bonchev–Trinajstić information content (AvgIpc) is 3.83. The Kier molecular flexibility index (Phi) is 6.91. The van der Waals surface area contributed by atoms with E-state index in [9.17, 15) is 0 Å². The van der Waals surface area contributed by atoms with Crippen LogP contribution in [-0.2, 0) is 6.42 Å². The smallest absolute Gasteiger partial charge is 0.134 e. The van der Waals surface area contributed by atoms with E-state index in [0.717, 1.165) is 40.9 Å². The lowest BCUT2D eigenvalue weighted by Gasteiger charge is -2.20. The molecule has 1 aliphatic heterocycles. The number of aryl methyl sites for hydroxylation is 1. The van der Waals surface area contributed by atoms with Crippen LogP contribution in [0.2, 0.25) is 0 Å². The Bertz CT molecular complexity index is 3120. The number of hydrogen-bond donors (Lipinski definition) is 0. The fraction of sp³-hybridized carbons (Fsp3) is 0.0741. The van der Waals surface area contributed by atoms with E-state index in [4.69, 9.17) is 9.15 Å². The number of ether oxygens (including phenoxy) is 1. The molecule has 0 amide bonds. The molecule has 2 heterocycles. The number of para-hydroxylation sites is 1. The highest BCUT2D eigenvalue weighted by Gasteiger charge is 2.40. The van der Waals surface area contributed by atoms with E-state index in [1.807, 2.05) is 6.07 Å². The Morgan fingerprint density at radius 2 is 1.16 bits per heavy atom. The lowest BCUT2D eigenvalue weighted by molar-refractivity contribution is 0.256. The lowest BCUT2D eigenvalue weighted by Crippen LogP contribution is -2.19. The van der Waals surface area contributed by atoms with E-state index in [1.54, 1.807) is 0 Å². The summed E-state index contributed by atoms with van der Waals surface area (Å²) in [6, 6.07) is 58.0. The minimum Gasteiger partial charge on any atom is -0.485 e. The summed E-state index contributed by atoms with van der Waals surface area (Å²) < 4.78 is 13.1. The third-order valence-corrected chi connectivity index (χ3v) is 12.3. The van der Waals surface area contributed by atoms with Crippen molar-refractivity contribution >= 4 is 44.7 Å². The molecular formula is C54H36O2. The standard InChI is InChI=1S/C54H36O2/c1-2-11-33(12-3-1)38-23-25-43-47(31-38)52(39-16-10-15-36(30-39)37-22-21-34-13-4-5-14-35(34)29-37)42-18-7-6-17-41(42)51(43)40-24-27-49-46(32-40)44-26-28-50-53(54(44)56-49)45-19-8-9-20-48(45)55-50/h1-4,6-13,15-32,50,53H,5,14H2. The summed E-state index contributed by atoms with van der Waals surface area (Å²) >= 11 is 0. The fourth-order valence-electron chi connectivity index (χ4n) is 9.64. The molecule has 0 N–H and O–H groups in total. The average molecular weight is 717 g/mol. The van der Waals surface area contributed by atoms with Gasteiger partial charge in [-0.15, -0.1) is 0 Å². The number of benzene rings is 8. The van der Waals surface area contributed by atoms with Gasteiger partial charge < -0.3 is 9.15 Å². The summed E-state index contributed by atoms with van der Waals surface area (Å²) in [6.45, 7) is 0. The zero-order valence-electron chi connectivity index (χ0n) is 30.7. The highest BCUT2D eigenvalue weighted by atomic mass is 16.5. The molecule has 0 radical (unpaired) electrons. The van der Waals surface area contributed by atoms with Crippen LogP contribution in [0.15, 0.2) is 174 Å². The summed E-state index contributed by atoms with van der Waals surface area (Å²) in [5.41, 5.74) is 15.8. The van der Waals surface area contributed by atoms with Crippen LogP contribution >= 0.6 is 0 Å². The van der Waals surface area contributed by atoms with Gasteiger partial charge in [0.05, 0.1) is 5.92 Å². The van der Waals surface area contributed by atoms with Crippen molar-refractivity contribution in [1.82, 2.24) is 0 Å². The predicted octanol–water partition coefficient (Wildman–Crippen LogP) is 14.3. The molecule has 0 fully saturated rings. The van der Waals surface area contributed by atoms with Crippen molar-refractivity contribution in [3.63, 3.8) is 0 Å². The lowest BCUT2D eigenvalue weighted by atomic mass is 9.83. The minimum atomic E-state index is -0.0536. The van der Waals surface area contributed by atoms with E-state index in [-0.39, 0.29) is 12.0 Å². The number of furan rings is 1. The van der Waals surface area contributed by atoms with E-state index in [2.05, 4.69) is 176 Å². The molecule has 9 aromatic rings. The second-order valence-corrected chi connectivity index (χ2v) is 15.4. The summed E-state index contributed by atoms with van der Waals surface area (Å²) in [5, 5.41) is 6.08. The Hall–Kier alpha value is -6.90. The Labute approximate surface area is 325 Å². The van der Waals surface area contributed by atoms with Crippen molar-refractivity contribution in [1.29, 1.82) is 0 Å². The molecule has 264 valence electrons. The molecule has 2 unspecified atom stereocenters. The second-order valence-electron chi connectivity index (χ2n) is 15.4. The Balaban J connectivity index is 1.08. The zero-order valence-corrected chi connectivity index (χ0v) is 30.7. The van der Waals surface area contributed by atoms with Crippen molar-refractivity contribution in [3.05, 3.63) is 198 Å². The van der Waals surface area contributed by atoms with Crippen LogP contribution in [-0.4, -0.2) is 6.10 Å². The van der Waals surface area contributed by atoms with Gasteiger partial charge in [-0.1, -0.05) is 146 Å². The van der Waals surface area contributed by atoms with Crippen LogP contribution in [0.5, 0.6) is 5.75 Å². The number of fused-ring (bicyclic) bond motifs is 10. The van der Waals surface area contributed by atoms with E-state index < -0.39 is 0 Å². The molecule has 2 heteroatoms. The first kappa shape index (κ1) is 31.5. The molecule has 2 atom stereocenters. The molecule has 2 aliphatic carbocycles. The molecule has 0 saturated heterocycles. The van der Waals surface area contributed by atoms with Gasteiger partial charge in [0.25, 0.3) is 0 Å². The van der Waals surface area contributed by atoms with Crippen molar-refractivity contribution in [2.24, 2.45) is 0 Å². The van der Waals surface area contributed by atoms with Gasteiger partial charge in [0, 0.05) is 16.5 Å². The van der Waals surface area contributed by atoms with Crippen LogP contribution in [0.1, 0.15) is 40.4 Å². The molecule has 12 rings (SSSR count). The number of allylic oxidation sites excluding steroid dienone is 1. The molecule has 0 bridgehead atoms. The van der Waals surface area contributed by atoms with Crippen molar-refractivity contribution in [3.8, 4) is 50.3 Å². The number of rotatable bonds is 4. The van der Waals surface area contributed by atoms with E-state index in [1.165, 1.54) is 82.7 Å². The van der Waals surface area contributed by atoms with Gasteiger partial charge in [-0.05, 0) is 126 Å². The van der Waals surface area contributed by atoms with Gasteiger partial charge in [0.15, 0.2) is 0 Å². The van der Waals surface area contributed by atoms with Gasteiger partial charge >= 0.3 is 0 Å². The maximum atomic E-state index is 6.71. The first-order chi connectivity index (χ1) is 27.7. The van der Waals surface area contributed by atoms with Gasteiger partial charge in [-0.3, -0.25) is 0 Å². The largest absolute Gasteiger partial charge is 0.485 e. The predicted molar refractivity (Wildman–Crippen MR) is 232 cm³/mol. The molecule has 0 spiro atoms. The van der Waals surface area contributed by atoms with Crippen molar-refractivity contribution in [2.45, 2.75) is 24.9 Å². The molecule has 2 nitrogen and oxygen atoms in total. The van der Waals surface area contributed by atoms with Gasteiger partial charge in [0.1, 0.15) is 23.2 Å². The monoisotopic (exact) mass is 716 g/mol. The van der Waals surface area contributed by atoms with Gasteiger partial charge in [-0.25, -0.2) is 0 Å². The third-order valence-electron chi connectivity index (χ3n) is 12.3. The normalized spacial score (nSPS) is 16.4. The highest BCUT2D eigenvalue weighted by molar-refractivity contribution is 6.22. The Morgan fingerprint density at radius 1 is 0.482 bits per heavy atom. The summed E-state index contributed by atoms with van der Waals surface area (Å²) in [6.07, 6.45) is 11.1. The maximum Gasteiger partial charge on any atom is 0.134 e. The molecule has 8 aromatic carbocycles. The molecule has 56 heavy (non-hydrogen) atoms. The van der Waals surface area contributed by atoms with Crippen LogP contribution < -0.4 is 4.74 Å². The maximum absolute atomic E-state index is 6.71. The first-order valence-corrected chi connectivity index (χ1v) is 19.7. The summed E-state index contributed by atoms with van der Waals surface area (Å²) in [5.74, 6) is 1.98. The van der Waals surface area contributed by atoms with Crippen LogP contribution in [0.3, 0.4) is 0 Å². The molecule has 1 aromatic heterocycles. The molecule has 3 aliphatic rings. The van der Waals surface area contributed by atoms with Crippen LogP contribution in [0, 0.1) is 0 Å². The number of hydrogen-bond acceptors (Lipinski definition) is 2. The van der Waals surface area contributed by atoms with Crippen LogP contribution in [0.4, 0.5) is 0 Å². The zero-order chi connectivity index (χ0) is 36.7. The van der Waals surface area contributed by atoms with Crippen molar-refractivity contribution < 1.29 is 9.15 Å².